The van der Waals surface area contributed by atoms with E-state index in [-0.39, 0.29) is 0 Å². The van der Waals surface area contributed by atoms with Gasteiger partial charge in [0, 0.05) is 0 Å². The molecule has 3 heteroatoms. The first-order valence-corrected chi connectivity index (χ1v) is 8.26. The monoisotopic (exact) mass is 344 g/mol. The van der Waals surface area contributed by atoms with Crippen molar-refractivity contribution in [2.24, 2.45) is 0 Å². The van der Waals surface area contributed by atoms with Crippen LogP contribution in [0.3, 0.4) is 0 Å². The summed E-state index contributed by atoms with van der Waals surface area (Å²) in [6.45, 7) is 7.47. The summed E-state index contributed by atoms with van der Waals surface area (Å²) in [5, 5.41) is 9.35. The Labute approximate surface area is 153 Å². The fraction of sp³-hybridized carbons (Fsp3) is 0.0435. The topological polar surface area (TPSA) is 38.7 Å². The molecule has 130 valence electrons. The molecule has 26 heavy (non-hydrogen) atoms. The highest BCUT2D eigenvalue weighted by Gasteiger charge is 2.15. The molecule has 0 fully saturated rings. The van der Waals surface area contributed by atoms with Crippen molar-refractivity contribution in [2.45, 2.75) is 6.10 Å². The summed E-state index contributed by atoms with van der Waals surface area (Å²) >= 11 is 0. The molecule has 0 bridgehead atoms. The maximum Gasteiger partial charge on any atom is 0.143 e. The molecule has 0 aromatic heterocycles. The summed E-state index contributed by atoms with van der Waals surface area (Å²) in [4.78, 5) is 4.70. The molecule has 0 aliphatic carbocycles. The van der Waals surface area contributed by atoms with Crippen molar-refractivity contribution in [3.63, 3.8) is 0 Å². The highest BCUT2D eigenvalue weighted by Crippen LogP contribution is 2.29. The maximum atomic E-state index is 9.35. The largest absolute Gasteiger partial charge is 0.457 e. The third kappa shape index (κ3) is 4.09. The van der Waals surface area contributed by atoms with Gasteiger partial charge in [0.05, 0.1) is 0 Å². The van der Waals surface area contributed by atoms with E-state index >= 15 is 0 Å². The van der Waals surface area contributed by atoms with Crippen LogP contribution in [0.15, 0.2) is 86.0 Å². The molecule has 1 N–H and O–H groups in total. The quantitative estimate of drug-likeness (QED) is 0.401. The van der Waals surface area contributed by atoms with E-state index in [1.54, 1.807) is 12.2 Å². The lowest BCUT2D eigenvalue weighted by Crippen LogP contribution is -2.03. The van der Waals surface area contributed by atoms with Crippen LogP contribution in [0.5, 0.6) is 11.5 Å². The molecule has 0 saturated heterocycles. The van der Waals surface area contributed by atoms with Gasteiger partial charge >= 0.3 is 0 Å². The molecular weight excluding hydrogens is 324 g/mol. The lowest BCUT2D eigenvalue weighted by atomic mass is 10.0. The van der Waals surface area contributed by atoms with E-state index < -0.39 is 6.10 Å². The van der Waals surface area contributed by atoms with E-state index in [0.29, 0.717) is 5.75 Å². The molecular formula is C23H20O3. The van der Waals surface area contributed by atoms with Gasteiger partial charge in [-0.15, -0.1) is 0 Å². The summed E-state index contributed by atoms with van der Waals surface area (Å²) in [7, 11) is 0. The Bertz CT molecular complexity index is 863. The van der Waals surface area contributed by atoms with Crippen molar-refractivity contribution in [3.8, 4) is 11.5 Å². The van der Waals surface area contributed by atoms with E-state index in [1.165, 1.54) is 0 Å². The van der Waals surface area contributed by atoms with Gasteiger partial charge in [-0.2, -0.15) is 0 Å². The first-order valence-electron chi connectivity index (χ1n) is 8.26. The molecule has 0 spiro atoms. The molecule has 0 heterocycles. The Balaban J connectivity index is 1.75. The summed E-state index contributed by atoms with van der Waals surface area (Å²) < 4.78 is 5.83. The number of hydrogen-bond acceptors (Lipinski definition) is 3. The molecule has 1 atom stereocenters. The van der Waals surface area contributed by atoms with Gasteiger partial charge in [-0.25, -0.2) is 4.89 Å². The fourth-order valence-electron chi connectivity index (χ4n) is 2.64. The van der Waals surface area contributed by atoms with Gasteiger partial charge in [0.1, 0.15) is 17.6 Å². The first kappa shape index (κ1) is 17.7. The van der Waals surface area contributed by atoms with Crippen molar-refractivity contribution in [2.75, 3.05) is 0 Å². The summed E-state index contributed by atoms with van der Waals surface area (Å²) in [5.74, 6) is 1.46. The smallest absolute Gasteiger partial charge is 0.143 e. The predicted molar refractivity (Wildman–Crippen MR) is 105 cm³/mol. The predicted octanol–water partition coefficient (Wildman–Crippen LogP) is 6.34. The Kier molecular flexibility index (Phi) is 5.64. The molecule has 3 aromatic carbocycles. The highest BCUT2D eigenvalue weighted by atomic mass is 17.1. The average molecular weight is 344 g/mol. The van der Waals surface area contributed by atoms with E-state index in [0.717, 1.165) is 28.0 Å². The van der Waals surface area contributed by atoms with E-state index in [4.69, 9.17) is 9.62 Å². The van der Waals surface area contributed by atoms with Gasteiger partial charge in [0.25, 0.3) is 0 Å². The second kappa shape index (κ2) is 8.30. The van der Waals surface area contributed by atoms with Crippen LogP contribution in [0, 0.1) is 0 Å². The van der Waals surface area contributed by atoms with Crippen molar-refractivity contribution in [3.05, 3.63) is 108 Å². The Hall–Kier alpha value is -3.14. The summed E-state index contributed by atoms with van der Waals surface area (Å²) in [6, 6.07) is 22.8. The Morgan fingerprint density at radius 2 is 1.04 bits per heavy atom. The number of hydrogen-bond donors (Lipinski definition) is 1. The van der Waals surface area contributed by atoms with Crippen LogP contribution in [0.2, 0.25) is 0 Å². The number of benzene rings is 3. The Morgan fingerprint density at radius 3 is 1.46 bits per heavy atom. The molecule has 0 amide bonds. The van der Waals surface area contributed by atoms with Gasteiger partial charge in [0.2, 0.25) is 0 Å². The zero-order valence-electron chi connectivity index (χ0n) is 14.3. The SMILES string of the molecule is C=Cc1ccc(Oc2ccc(C(OO)c3ccc(C=C)cc3)cc2)cc1. The van der Waals surface area contributed by atoms with Gasteiger partial charge in [-0.1, -0.05) is 73.8 Å². The van der Waals surface area contributed by atoms with Crippen LogP contribution in [0.4, 0.5) is 0 Å². The van der Waals surface area contributed by atoms with E-state index in [9.17, 15) is 5.26 Å². The third-order valence-corrected chi connectivity index (χ3v) is 4.11. The number of ether oxygens (including phenoxy) is 1. The van der Waals surface area contributed by atoms with Crippen LogP contribution in [-0.4, -0.2) is 5.26 Å². The minimum Gasteiger partial charge on any atom is -0.457 e. The zero-order chi connectivity index (χ0) is 18.4. The molecule has 1 unspecified atom stereocenters. The van der Waals surface area contributed by atoms with Crippen LogP contribution >= 0.6 is 0 Å². The van der Waals surface area contributed by atoms with E-state index in [2.05, 4.69) is 13.2 Å². The lowest BCUT2D eigenvalue weighted by molar-refractivity contribution is -0.270. The maximum absolute atomic E-state index is 9.35. The van der Waals surface area contributed by atoms with Gasteiger partial charge in [-0.05, 0) is 46.5 Å². The van der Waals surface area contributed by atoms with Crippen LogP contribution in [0.1, 0.15) is 28.4 Å². The molecule has 3 nitrogen and oxygen atoms in total. The van der Waals surface area contributed by atoms with Crippen molar-refractivity contribution >= 4 is 12.2 Å². The third-order valence-electron chi connectivity index (χ3n) is 4.11. The van der Waals surface area contributed by atoms with Crippen molar-refractivity contribution in [1.82, 2.24) is 0 Å². The first-order chi connectivity index (χ1) is 12.7. The normalized spacial score (nSPS) is 11.6. The highest BCUT2D eigenvalue weighted by molar-refractivity contribution is 5.49. The summed E-state index contributed by atoms with van der Waals surface area (Å²) in [5.41, 5.74) is 3.73. The van der Waals surface area contributed by atoms with Crippen molar-refractivity contribution < 1.29 is 14.9 Å². The minimum absolute atomic E-state index is 0.560. The minimum atomic E-state index is -0.560. The molecule has 3 aromatic rings. The number of rotatable bonds is 7. The zero-order valence-corrected chi connectivity index (χ0v) is 14.3. The molecule has 3 rings (SSSR count). The second-order valence-corrected chi connectivity index (χ2v) is 5.80. The average Bonchev–Trinajstić information content (AvgIpc) is 2.71. The Morgan fingerprint density at radius 1 is 0.654 bits per heavy atom. The molecule has 0 saturated carbocycles. The van der Waals surface area contributed by atoms with Crippen LogP contribution in [-0.2, 0) is 4.89 Å². The van der Waals surface area contributed by atoms with Crippen LogP contribution < -0.4 is 4.74 Å². The molecule has 0 aliphatic rings. The van der Waals surface area contributed by atoms with Gasteiger partial charge < -0.3 is 4.74 Å². The van der Waals surface area contributed by atoms with Crippen LogP contribution in [0.25, 0.3) is 12.2 Å². The van der Waals surface area contributed by atoms with Gasteiger partial charge in [0.15, 0.2) is 0 Å². The second-order valence-electron chi connectivity index (χ2n) is 5.80. The van der Waals surface area contributed by atoms with Gasteiger partial charge in [-0.3, -0.25) is 5.26 Å². The molecule has 0 radical (unpaired) electrons. The lowest BCUT2D eigenvalue weighted by Gasteiger charge is -2.15. The standard InChI is InChI=1S/C23H20O3/c1-3-17-5-9-19(10-6-17)23(26-24)20-11-15-22(16-12-20)25-21-13-7-18(4-2)8-14-21/h3-16,23-24H,1-2H2. The van der Waals surface area contributed by atoms with E-state index in [1.807, 2.05) is 72.8 Å². The van der Waals surface area contributed by atoms with Crippen molar-refractivity contribution in [1.29, 1.82) is 0 Å². The fourth-order valence-corrected chi connectivity index (χ4v) is 2.64. The molecule has 0 aliphatic heterocycles. The summed E-state index contributed by atoms with van der Waals surface area (Å²) in [6.07, 6.45) is 3.00.